The van der Waals surface area contributed by atoms with Crippen LogP contribution in [-0.2, 0) is 11.2 Å². The van der Waals surface area contributed by atoms with Gasteiger partial charge in [0.1, 0.15) is 5.75 Å². The summed E-state index contributed by atoms with van der Waals surface area (Å²) in [7, 11) is 1.68. The van der Waals surface area contributed by atoms with Crippen LogP contribution in [0.4, 0.5) is 5.69 Å². The number of amides is 1. The fourth-order valence-electron chi connectivity index (χ4n) is 4.15. The summed E-state index contributed by atoms with van der Waals surface area (Å²) in [6.07, 6.45) is 4.14. The first-order chi connectivity index (χ1) is 13.2. The predicted molar refractivity (Wildman–Crippen MR) is 108 cm³/mol. The van der Waals surface area contributed by atoms with Crippen molar-refractivity contribution in [3.63, 3.8) is 0 Å². The van der Waals surface area contributed by atoms with Crippen LogP contribution >= 0.6 is 0 Å². The van der Waals surface area contributed by atoms with E-state index >= 15 is 0 Å². The first-order valence-corrected chi connectivity index (χ1v) is 9.98. The normalized spacial score (nSPS) is 16.7. The molecule has 142 valence electrons. The second-order valence-electron chi connectivity index (χ2n) is 7.64. The lowest BCUT2D eigenvalue weighted by atomic mass is 9.90. The zero-order valence-corrected chi connectivity index (χ0v) is 16.0. The molecule has 1 saturated carbocycles. The largest absolute Gasteiger partial charge is 0.497 e. The molecule has 2 aliphatic rings. The number of fused-ring (bicyclic) bond motifs is 1. The topological polar surface area (TPSA) is 41.6 Å². The van der Waals surface area contributed by atoms with Crippen LogP contribution in [-0.4, -0.2) is 32.7 Å². The highest BCUT2D eigenvalue weighted by Crippen LogP contribution is 2.44. The molecule has 0 saturated heterocycles. The molecule has 4 rings (SSSR count). The lowest BCUT2D eigenvalue weighted by Gasteiger charge is -2.21. The summed E-state index contributed by atoms with van der Waals surface area (Å²) in [5.41, 5.74) is 3.99. The Balaban J connectivity index is 1.29. The maximum atomic E-state index is 12.5. The van der Waals surface area contributed by atoms with Crippen LogP contribution in [0, 0.1) is 5.92 Å². The van der Waals surface area contributed by atoms with Gasteiger partial charge in [-0.15, -0.1) is 0 Å². The Hall–Kier alpha value is -2.49. The molecule has 1 N–H and O–H groups in total. The van der Waals surface area contributed by atoms with Crippen LogP contribution < -0.4 is 15.0 Å². The smallest absolute Gasteiger partial charge is 0.220 e. The molecule has 1 unspecified atom stereocenters. The molecule has 1 heterocycles. The Morgan fingerprint density at radius 2 is 1.96 bits per heavy atom. The average molecular weight is 364 g/mol. The Morgan fingerprint density at radius 1 is 1.19 bits per heavy atom. The number of rotatable bonds is 8. The maximum absolute atomic E-state index is 12.5. The van der Waals surface area contributed by atoms with Crippen LogP contribution in [0.2, 0.25) is 0 Å². The van der Waals surface area contributed by atoms with Gasteiger partial charge in [-0.25, -0.2) is 0 Å². The number of hydrogen-bond donors (Lipinski definition) is 1. The number of benzene rings is 2. The van der Waals surface area contributed by atoms with Crippen molar-refractivity contribution in [2.75, 3.05) is 31.6 Å². The van der Waals surface area contributed by atoms with Crippen LogP contribution in [0.1, 0.15) is 36.3 Å². The summed E-state index contributed by atoms with van der Waals surface area (Å²) in [6.45, 7) is 2.62. The van der Waals surface area contributed by atoms with E-state index in [4.69, 9.17) is 4.74 Å². The molecule has 2 aromatic carbocycles. The van der Waals surface area contributed by atoms with Crippen LogP contribution in [0.25, 0.3) is 0 Å². The van der Waals surface area contributed by atoms with Crippen molar-refractivity contribution in [1.29, 1.82) is 0 Å². The molecule has 4 heteroatoms. The van der Waals surface area contributed by atoms with Crippen molar-refractivity contribution in [3.8, 4) is 5.75 Å². The minimum absolute atomic E-state index is 0.162. The molecule has 1 aliphatic carbocycles. The van der Waals surface area contributed by atoms with E-state index in [0.717, 1.165) is 25.3 Å². The molecule has 0 aromatic heterocycles. The first kappa shape index (κ1) is 17.9. The molecule has 1 aliphatic heterocycles. The predicted octanol–water partition coefficient (Wildman–Crippen LogP) is 3.76. The summed E-state index contributed by atoms with van der Waals surface area (Å²) in [6, 6.07) is 16.8. The van der Waals surface area contributed by atoms with E-state index in [1.807, 2.05) is 12.1 Å². The fraction of sp³-hybridized carbons (Fsp3) is 0.435. The van der Waals surface area contributed by atoms with Gasteiger partial charge in [0.2, 0.25) is 5.91 Å². The lowest BCUT2D eigenvalue weighted by Crippen LogP contribution is -2.34. The van der Waals surface area contributed by atoms with Gasteiger partial charge in [0, 0.05) is 31.7 Å². The van der Waals surface area contributed by atoms with Crippen LogP contribution in [0.15, 0.2) is 48.5 Å². The van der Waals surface area contributed by atoms with E-state index in [9.17, 15) is 4.79 Å². The number of nitrogens with zero attached hydrogens (tertiary/aromatic N) is 1. The van der Waals surface area contributed by atoms with Gasteiger partial charge in [0.25, 0.3) is 0 Å². The third kappa shape index (κ3) is 4.26. The van der Waals surface area contributed by atoms with Gasteiger partial charge in [0.05, 0.1) is 7.11 Å². The molecule has 4 nitrogen and oxygen atoms in total. The van der Waals surface area contributed by atoms with E-state index in [2.05, 4.69) is 46.6 Å². The molecule has 2 aromatic rings. The van der Waals surface area contributed by atoms with Crippen molar-refractivity contribution in [3.05, 3.63) is 59.7 Å². The zero-order valence-electron chi connectivity index (χ0n) is 16.0. The Labute approximate surface area is 161 Å². The van der Waals surface area contributed by atoms with Gasteiger partial charge in [0.15, 0.2) is 0 Å². The van der Waals surface area contributed by atoms with Crippen LogP contribution in [0.5, 0.6) is 5.75 Å². The van der Waals surface area contributed by atoms with Gasteiger partial charge < -0.3 is 15.0 Å². The van der Waals surface area contributed by atoms with E-state index in [1.54, 1.807) is 7.11 Å². The van der Waals surface area contributed by atoms with Crippen molar-refractivity contribution in [2.45, 2.75) is 31.6 Å². The maximum Gasteiger partial charge on any atom is 0.220 e. The van der Waals surface area contributed by atoms with Gasteiger partial charge in [-0.05, 0) is 60.4 Å². The molecule has 1 amide bonds. The number of nitrogens with one attached hydrogen (secondary N) is 1. The Kier molecular flexibility index (Phi) is 5.33. The highest BCUT2D eigenvalue weighted by Gasteiger charge is 2.33. The molecule has 0 radical (unpaired) electrons. The standard InChI is InChI=1S/C23H28N2O2/c1-27-20-10-8-18(9-11-20)21(17-6-7-17)16-23(26)24-13-15-25-14-12-19-4-2-3-5-22(19)25/h2-5,8-11,17,21H,6-7,12-16H2,1H3,(H,24,26). The molecule has 0 bridgehead atoms. The third-order valence-corrected chi connectivity index (χ3v) is 5.83. The summed E-state index contributed by atoms with van der Waals surface area (Å²) >= 11 is 0. The quantitative estimate of drug-likeness (QED) is 0.775. The van der Waals surface area contributed by atoms with E-state index in [-0.39, 0.29) is 5.91 Å². The Bertz CT molecular complexity index is 783. The first-order valence-electron chi connectivity index (χ1n) is 9.98. The van der Waals surface area contributed by atoms with Crippen molar-refractivity contribution in [1.82, 2.24) is 5.32 Å². The lowest BCUT2D eigenvalue weighted by molar-refractivity contribution is -0.121. The summed E-state index contributed by atoms with van der Waals surface area (Å²) in [4.78, 5) is 14.9. The van der Waals surface area contributed by atoms with Crippen molar-refractivity contribution < 1.29 is 9.53 Å². The van der Waals surface area contributed by atoms with Crippen LogP contribution in [0.3, 0.4) is 0 Å². The second kappa shape index (κ2) is 8.03. The molecular formula is C23H28N2O2. The fourth-order valence-corrected chi connectivity index (χ4v) is 4.15. The molecule has 27 heavy (non-hydrogen) atoms. The van der Waals surface area contributed by atoms with Gasteiger partial charge in [-0.1, -0.05) is 30.3 Å². The number of ether oxygens (including phenoxy) is 1. The second-order valence-corrected chi connectivity index (χ2v) is 7.64. The number of hydrogen-bond acceptors (Lipinski definition) is 3. The van der Waals surface area contributed by atoms with Crippen molar-refractivity contribution >= 4 is 11.6 Å². The average Bonchev–Trinajstić information content (AvgIpc) is 3.47. The van der Waals surface area contributed by atoms with Crippen molar-refractivity contribution in [2.24, 2.45) is 5.92 Å². The zero-order chi connectivity index (χ0) is 18.6. The number of methoxy groups -OCH3 is 1. The SMILES string of the molecule is COc1ccc(C(CC(=O)NCCN2CCc3ccccc32)C2CC2)cc1. The number of anilines is 1. The van der Waals surface area contributed by atoms with Gasteiger partial charge in [-0.3, -0.25) is 4.79 Å². The molecule has 1 atom stereocenters. The van der Waals surface area contributed by atoms with Gasteiger partial charge in [-0.2, -0.15) is 0 Å². The monoisotopic (exact) mass is 364 g/mol. The Morgan fingerprint density at radius 3 is 2.70 bits per heavy atom. The van der Waals surface area contributed by atoms with E-state index in [0.29, 0.717) is 24.8 Å². The molecular weight excluding hydrogens is 336 g/mol. The summed E-state index contributed by atoms with van der Waals surface area (Å²) < 4.78 is 5.25. The third-order valence-electron chi connectivity index (χ3n) is 5.83. The molecule has 1 fully saturated rings. The van der Waals surface area contributed by atoms with E-state index in [1.165, 1.54) is 29.7 Å². The summed E-state index contributed by atoms with van der Waals surface area (Å²) in [5, 5.41) is 3.14. The molecule has 0 spiro atoms. The number of carbonyl (C=O) groups is 1. The van der Waals surface area contributed by atoms with Gasteiger partial charge >= 0.3 is 0 Å². The number of carbonyl (C=O) groups excluding carboxylic acids is 1. The highest BCUT2D eigenvalue weighted by atomic mass is 16.5. The highest BCUT2D eigenvalue weighted by molar-refractivity contribution is 5.77. The van der Waals surface area contributed by atoms with E-state index < -0.39 is 0 Å². The minimum atomic E-state index is 0.162. The minimum Gasteiger partial charge on any atom is -0.497 e. The number of para-hydroxylation sites is 1. The summed E-state index contributed by atoms with van der Waals surface area (Å²) in [5.74, 6) is 2.00.